The Morgan fingerprint density at radius 3 is 1.64 bits per heavy atom. The van der Waals surface area contributed by atoms with Gasteiger partial charge in [0.05, 0.1) is 27.8 Å². The molecule has 0 bridgehead atoms. The van der Waals surface area contributed by atoms with Gasteiger partial charge in [-0.2, -0.15) is 5.10 Å². The van der Waals surface area contributed by atoms with Crippen LogP contribution in [-0.4, -0.2) is 19.3 Å². The molecule has 0 fully saturated rings. The molecular weight excluding hydrogens is 801 g/mol. The Bertz CT molecular complexity index is 3380. The quantitative estimate of drug-likeness (QED) is 0.143. The highest BCUT2D eigenvalue weighted by molar-refractivity contribution is 6.09. The first kappa shape index (κ1) is 42.6. The SMILES string of the molecule is Cc1nn(-c2cccc(C(c3ccccc3)(c3ccccc3)c3ccc4c5ccccc5n(-c5cc(-c6c(C)c(C)c(C)c(C)c6C)ccn5)c4c3)c2)c(C)c1-c1ccc(C(C)(C)C)cc1. The zero-order valence-corrected chi connectivity index (χ0v) is 40.0. The molecular formula is C62H58N4. The van der Waals surface area contributed by atoms with Crippen LogP contribution in [0.4, 0.5) is 0 Å². The van der Waals surface area contributed by atoms with E-state index in [1.165, 1.54) is 77.5 Å². The van der Waals surface area contributed by atoms with Crippen LogP contribution in [0.25, 0.3) is 55.6 Å². The molecule has 3 aromatic heterocycles. The average molecular weight is 859 g/mol. The maximum atomic E-state index is 5.24. The number of pyridine rings is 1. The van der Waals surface area contributed by atoms with Crippen molar-refractivity contribution >= 4 is 21.8 Å². The number of hydrogen-bond acceptors (Lipinski definition) is 2. The summed E-state index contributed by atoms with van der Waals surface area (Å²) in [6.07, 6.45) is 1.98. The molecule has 10 aromatic rings. The van der Waals surface area contributed by atoms with Gasteiger partial charge >= 0.3 is 0 Å². The number of rotatable bonds is 8. The summed E-state index contributed by atoms with van der Waals surface area (Å²) in [5.74, 6) is 0.894. The second-order valence-electron chi connectivity index (χ2n) is 19.3. The molecule has 66 heavy (non-hydrogen) atoms. The molecule has 0 N–H and O–H groups in total. The van der Waals surface area contributed by atoms with E-state index in [9.17, 15) is 0 Å². The molecule has 0 aliphatic rings. The van der Waals surface area contributed by atoms with E-state index in [0.717, 1.165) is 45.1 Å². The van der Waals surface area contributed by atoms with Gasteiger partial charge in [0.15, 0.2) is 0 Å². The Hall–Kier alpha value is -7.30. The van der Waals surface area contributed by atoms with Crippen LogP contribution in [0.2, 0.25) is 0 Å². The molecule has 326 valence electrons. The van der Waals surface area contributed by atoms with Crippen LogP contribution in [-0.2, 0) is 10.8 Å². The van der Waals surface area contributed by atoms with Crippen molar-refractivity contribution in [3.8, 4) is 33.8 Å². The van der Waals surface area contributed by atoms with Crippen LogP contribution in [0.1, 0.15) is 87.8 Å². The van der Waals surface area contributed by atoms with Gasteiger partial charge in [-0.25, -0.2) is 9.67 Å². The standard InChI is InChI=1S/C62H58N4/c1-39-40(2)42(4)59(43(5)41(39)3)47-34-35-63-58(36-47)65-56-27-18-17-26-54(56)55-33-32-52(38-57(55)65)62(49-20-13-11-14-21-49,50-22-15-12-16-23-50)51-24-19-25-53(37-51)66-45(7)60(44(6)64-66)46-28-30-48(31-29-46)61(8,9)10/h11-38H,1-10H3. The summed E-state index contributed by atoms with van der Waals surface area (Å²) in [6, 6.07) is 60.4. The number of aryl methyl sites for hydroxylation is 1. The number of fused-ring (bicyclic) bond motifs is 3. The fourth-order valence-corrected chi connectivity index (χ4v) is 10.8. The van der Waals surface area contributed by atoms with Gasteiger partial charge in [-0.1, -0.05) is 148 Å². The van der Waals surface area contributed by atoms with E-state index in [0.29, 0.717) is 0 Å². The largest absolute Gasteiger partial charge is 0.294 e. The van der Waals surface area contributed by atoms with Crippen LogP contribution in [0.3, 0.4) is 0 Å². The third kappa shape index (κ3) is 6.81. The highest BCUT2D eigenvalue weighted by Gasteiger charge is 2.39. The molecule has 0 radical (unpaired) electrons. The molecule has 0 unspecified atom stereocenters. The summed E-state index contributed by atoms with van der Waals surface area (Å²) in [7, 11) is 0. The van der Waals surface area contributed by atoms with Crippen LogP contribution in [0.5, 0.6) is 0 Å². The second kappa shape index (κ2) is 16.3. The molecule has 0 aliphatic heterocycles. The first-order valence-electron chi connectivity index (χ1n) is 23.3. The van der Waals surface area contributed by atoms with Crippen molar-refractivity contribution in [3.05, 3.63) is 237 Å². The summed E-state index contributed by atoms with van der Waals surface area (Å²) in [6.45, 7) is 22.4. The lowest BCUT2D eigenvalue weighted by Gasteiger charge is -2.37. The van der Waals surface area contributed by atoms with E-state index in [-0.39, 0.29) is 5.41 Å². The van der Waals surface area contributed by atoms with Crippen molar-refractivity contribution in [2.45, 2.75) is 80.1 Å². The lowest BCUT2D eigenvalue weighted by molar-refractivity contribution is 0.590. The molecule has 0 atom stereocenters. The van der Waals surface area contributed by atoms with Gasteiger partial charge in [0.1, 0.15) is 5.82 Å². The molecule has 0 amide bonds. The van der Waals surface area contributed by atoms with Crippen molar-refractivity contribution in [2.24, 2.45) is 0 Å². The third-order valence-electron chi connectivity index (χ3n) is 14.6. The van der Waals surface area contributed by atoms with Crippen LogP contribution in [0, 0.1) is 48.5 Å². The molecule has 4 nitrogen and oxygen atoms in total. The Balaban J connectivity index is 1.21. The zero-order valence-electron chi connectivity index (χ0n) is 40.0. The highest BCUT2D eigenvalue weighted by Crippen LogP contribution is 2.48. The van der Waals surface area contributed by atoms with Crippen molar-refractivity contribution < 1.29 is 0 Å². The fourth-order valence-electron chi connectivity index (χ4n) is 10.8. The minimum atomic E-state index is -0.712. The molecule has 0 spiro atoms. The topological polar surface area (TPSA) is 35.6 Å². The Morgan fingerprint density at radius 2 is 0.985 bits per heavy atom. The number of para-hydroxylation sites is 1. The summed E-state index contributed by atoms with van der Waals surface area (Å²) >= 11 is 0. The third-order valence-corrected chi connectivity index (χ3v) is 14.6. The second-order valence-corrected chi connectivity index (χ2v) is 19.3. The van der Waals surface area contributed by atoms with E-state index >= 15 is 0 Å². The van der Waals surface area contributed by atoms with E-state index in [4.69, 9.17) is 10.1 Å². The van der Waals surface area contributed by atoms with E-state index in [2.05, 4.69) is 242 Å². The van der Waals surface area contributed by atoms with E-state index in [1.54, 1.807) is 0 Å². The lowest BCUT2D eigenvalue weighted by atomic mass is 9.65. The molecule has 0 aliphatic carbocycles. The maximum Gasteiger partial charge on any atom is 0.138 e. The van der Waals surface area contributed by atoms with Crippen molar-refractivity contribution in [1.82, 2.24) is 19.3 Å². The van der Waals surface area contributed by atoms with Gasteiger partial charge in [0.25, 0.3) is 0 Å². The lowest BCUT2D eigenvalue weighted by Crippen LogP contribution is -2.31. The minimum Gasteiger partial charge on any atom is -0.294 e. The number of benzene rings is 7. The summed E-state index contributed by atoms with van der Waals surface area (Å²) in [5, 5.41) is 7.62. The molecule has 0 saturated heterocycles. The van der Waals surface area contributed by atoms with Gasteiger partial charge in [0.2, 0.25) is 0 Å². The van der Waals surface area contributed by atoms with Gasteiger partial charge in [-0.3, -0.25) is 4.57 Å². The Kier molecular flexibility index (Phi) is 10.5. The highest BCUT2D eigenvalue weighted by atomic mass is 15.3. The van der Waals surface area contributed by atoms with Gasteiger partial charge in [-0.15, -0.1) is 0 Å². The van der Waals surface area contributed by atoms with E-state index in [1.807, 2.05) is 6.20 Å². The van der Waals surface area contributed by atoms with Gasteiger partial charge in [-0.05, 0) is 163 Å². The number of hydrogen-bond donors (Lipinski definition) is 0. The maximum absolute atomic E-state index is 5.24. The average Bonchev–Trinajstić information content (AvgIpc) is 3.83. The van der Waals surface area contributed by atoms with Crippen LogP contribution >= 0.6 is 0 Å². The monoisotopic (exact) mass is 858 g/mol. The van der Waals surface area contributed by atoms with E-state index < -0.39 is 5.41 Å². The fraction of sp³-hybridized carbons (Fsp3) is 0.194. The summed E-state index contributed by atoms with van der Waals surface area (Å²) < 4.78 is 4.51. The predicted octanol–water partition coefficient (Wildman–Crippen LogP) is 15.5. The van der Waals surface area contributed by atoms with Gasteiger partial charge < -0.3 is 0 Å². The summed E-state index contributed by atoms with van der Waals surface area (Å²) in [5.41, 5.74) is 22.3. The molecule has 10 rings (SSSR count). The molecule has 4 heteroatoms. The summed E-state index contributed by atoms with van der Waals surface area (Å²) in [4.78, 5) is 5.15. The molecule has 3 heterocycles. The minimum absolute atomic E-state index is 0.0823. The zero-order chi connectivity index (χ0) is 46.1. The van der Waals surface area contributed by atoms with Crippen molar-refractivity contribution in [1.29, 1.82) is 0 Å². The van der Waals surface area contributed by atoms with Crippen LogP contribution in [0.15, 0.2) is 170 Å². The van der Waals surface area contributed by atoms with Crippen molar-refractivity contribution in [3.63, 3.8) is 0 Å². The van der Waals surface area contributed by atoms with Crippen molar-refractivity contribution in [2.75, 3.05) is 0 Å². The first-order chi connectivity index (χ1) is 31.8. The normalized spacial score (nSPS) is 12.1. The van der Waals surface area contributed by atoms with Crippen LogP contribution < -0.4 is 0 Å². The number of nitrogens with zero attached hydrogens (tertiary/aromatic N) is 4. The Morgan fingerprint density at radius 1 is 0.424 bits per heavy atom. The predicted molar refractivity (Wildman–Crippen MR) is 277 cm³/mol. The van der Waals surface area contributed by atoms with Gasteiger partial charge in [0, 0.05) is 28.2 Å². The number of aromatic nitrogens is 4. The molecule has 0 saturated carbocycles. The smallest absolute Gasteiger partial charge is 0.138 e. The first-order valence-corrected chi connectivity index (χ1v) is 23.3. The molecule has 7 aromatic carbocycles. The Labute approximate surface area is 390 Å².